The van der Waals surface area contributed by atoms with E-state index >= 15 is 0 Å². The van der Waals surface area contributed by atoms with Crippen LogP contribution in [0.25, 0.3) is 0 Å². The number of alkyl halides is 3. The quantitative estimate of drug-likeness (QED) is 0.907. The molecule has 2 heterocycles. The van der Waals surface area contributed by atoms with Crippen LogP contribution >= 0.6 is 0 Å². The molecule has 7 heteroatoms. The lowest BCUT2D eigenvalue weighted by Crippen LogP contribution is -2.24. The molecule has 1 saturated carbocycles. The van der Waals surface area contributed by atoms with Crippen molar-refractivity contribution in [2.45, 2.75) is 50.0 Å². The summed E-state index contributed by atoms with van der Waals surface area (Å²) in [6.45, 7) is 0.771. The number of hydrogen-bond acceptors (Lipinski definition) is 4. The topological polar surface area (TPSA) is 49.5 Å². The van der Waals surface area contributed by atoms with E-state index in [9.17, 15) is 18.3 Å². The Morgan fingerprint density at radius 1 is 1.28 bits per heavy atom. The number of halogens is 3. The summed E-state index contributed by atoms with van der Waals surface area (Å²) in [5, 5.41) is 10.0. The van der Waals surface area contributed by atoms with Crippen LogP contribution in [0.3, 0.4) is 0 Å². The highest BCUT2D eigenvalue weighted by molar-refractivity contribution is 5.29. The Kier molecular flexibility index (Phi) is 4.08. The maximum atomic E-state index is 13.0. The molecule has 1 aromatic carbocycles. The van der Waals surface area contributed by atoms with E-state index in [-0.39, 0.29) is 6.04 Å². The highest BCUT2D eigenvalue weighted by atomic mass is 19.4. The molecule has 4 rings (SSSR count). The van der Waals surface area contributed by atoms with E-state index < -0.39 is 17.8 Å². The van der Waals surface area contributed by atoms with Gasteiger partial charge in [0.2, 0.25) is 5.89 Å². The summed E-state index contributed by atoms with van der Waals surface area (Å²) in [4.78, 5) is 6.21. The first-order valence-electron chi connectivity index (χ1n) is 8.44. The van der Waals surface area contributed by atoms with Gasteiger partial charge in [-0.15, -0.1) is 0 Å². The smallest absolute Gasteiger partial charge is 0.416 e. The van der Waals surface area contributed by atoms with Gasteiger partial charge in [-0.3, -0.25) is 4.90 Å². The van der Waals surface area contributed by atoms with Crippen LogP contribution in [0, 0.1) is 0 Å². The van der Waals surface area contributed by atoms with E-state index in [1.165, 1.54) is 12.1 Å². The van der Waals surface area contributed by atoms with Gasteiger partial charge in [-0.1, -0.05) is 12.1 Å². The third-order valence-corrected chi connectivity index (χ3v) is 4.87. The van der Waals surface area contributed by atoms with Crippen LogP contribution in [0.5, 0.6) is 0 Å². The molecule has 25 heavy (non-hydrogen) atoms. The zero-order valence-corrected chi connectivity index (χ0v) is 13.5. The molecule has 0 bridgehead atoms. The van der Waals surface area contributed by atoms with Crippen LogP contribution in [0.2, 0.25) is 0 Å². The summed E-state index contributed by atoms with van der Waals surface area (Å²) in [7, 11) is 0. The van der Waals surface area contributed by atoms with Crippen LogP contribution < -0.4 is 0 Å². The SMILES string of the molecule is O[C@@H]1C[C@@H](c2cccc(C(F)(F)F)c2)N(Cc2ncc(C3CC3)o2)C1. The number of oxazole rings is 1. The van der Waals surface area contributed by atoms with Crippen molar-refractivity contribution in [1.29, 1.82) is 0 Å². The second kappa shape index (κ2) is 6.14. The van der Waals surface area contributed by atoms with Gasteiger partial charge < -0.3 is 9.52 Å². The molecule has 0 radical (unpaired) electrons. The second-order valence-electron chi connectivity index (χ2n) is 6.89. The second-order valence-corrected chi connectivity index (χ2v) is 6.89. The minimum Gasteiger partial charge on any atom is -0.444 e. The molecular formula is C18H19F3N2O2. The Hall–Kier alpha value is -1.86. The van der Waals surface area contributed by atoms with E-state index in [2.05, 4.69) is 4.98 Å². The monoisotopic (exact) mass is 352 g/mol. The first kappa shape index (κ1) is 16.6. The van der Waals surface area contributed by atoms with Gasteiger partial charge in [0.1, 0.15) is 5.76 Å². The molecule has 2 atom stereocenters. The average molecular weight is 352 g/mol. The van der Waals surface area contributed by atoms with Crippen molar-refractivity contribution >= 4 is 0 Å². The Morgan fingerprint density at radius 3 is 2.80 bits per heavy atom. The number of β-amino-alcohol motifs (C(OH)–C–C–N with tert-alkyl or cyclic N) is 1. The van der Waals surface area contributed by atoms with Gasteiger partial charge in [-0.2, -0.15) is 13.2 Å². The fourth-order valence-corrected chi connectivity index (χ4v) is 3.45. The molecule has 1 aliphatic carbocycles. The van der Waals surface area contributed by atoms with Crippen LogP contribution in [0.15, 0.2) is 34.9 Å². The van der Waals surface area contributed by atoms with Crippen LogP contribution in [-0.2, 0) is 12.7 Å². The molecule has 1 aliphatic heterocycles. The summed E-state index contributed by atoms with van der Waals surface area (Å²) in [6.07, 6.45) is -0.582. The molecule has 1 N–H and O–H groups in total. The Labute approximate surface area is 143 Å². The Bertz CT molecular complexity index is 755. The van der Waals surface area contributed by atoms with E-state index in [0.29, 0.717) is 36.9 Å². The molecule has 1 aromatic heterocycles. The Balaban J connectivity index is 1.54. The summed E-state index contributed by atoms with van der Waals surface area (Å²) in [6, 6.07) is 5.04. The molecule has 134 valence electrons. The predicted molar refractivity (Wildman–Crippen MR) is 83.7 cm³/mol. The summed E-state index contributed by atoms with van der Waals surface area (Å²) < 4.78 is 44.7. The molecule has 1 saturated heterocycles. The lowest BCUT2D eigenvalue weighted by Gasteiger charge is -2.23. The van der Waals surface area contributed by atoms with E-state index in [4.69, 9.17) is 4.42 Å². The predicted octanol–water partition coefficient (Wildman–Crippen LogP) is 3.88. The van der Waals surface area contributed by atoms with Crippen molar-refractivity contribution in [2.75, 3.05) is 6.54 Å². The number of likely N-dealkylation sites (tertiary alicyclic amines) is 1. The van der Waals surface area contributed by atoms with Crippen molar-refractivity contribution < 1.29 is 22.7 Å². The lowest BCUT2D eigenvalue weighted by atomic mass is 10.0. The van der Waals surface area contributed by atoms with Gasteiger partial charge in [0.05, 0.1) is 24.4 Å². The minimum atomic E-state index is -4.38. The maximum absolute atomic E-state index is 13.0. The average Bonchev–Trinajstić information content (AvgIpc) is 3.20. The zero-order chi connectivity index (χ0) is 17.6. The van der Waals surface area contributed by atoms with Gasteiger partial charge in [0.25, 0.3) is 0 Å². The normalized spacial score (nSPS) is 24.8. The molecule has 2 aliphatic rings. The molecule has 4 nitrogen and oxygen atoms in total. The first-order chi connectivity index (χ1) is 11.9. The number of aromatic nitrogens is 1. The minimum absolute atomic E-state index is 0.284. The van der Waals surface area contributed by atoms with Gasteiger partial charge in [-0.25, -0.2) is 4.98 Å². The van der Waals surface area contributed by atoms with Crippen molar-refractivity contribution in [3.63, 3.8) is 0 Å². The molecule has 0 unspecified atom stereocenters. The Morgan fingerprint density at radius 2 is 2.08 bits per heavy atom. The highest BCUT2D eigenvalue weighted by Crippen LogP contribution is 2.41. The summed E-state index contributed by atoms with van der Waals surface area (Å²) in [5.41, 5.74) is -0.112. The van der Waals surface area contributed by atoms with Gasteiger partial charge in [0, 0.05) is 18.5 Å². The van der Waals surface area contributed by atoms with Crippen LogP contribution in [0.4, 0.5) is 13.2 Å². The number of aliphatic hydroxyl groups excluding tert-OH is 1. The fraction of sp³-hybridized carbons (Fsp3) is 0.500. The first-order valence-corrected chi connectivity index (χ1v) is 8.44. The lowest BCUT2D eigenvalue weighted by molar-refractivity contribution is -0.137. The van der Waals surface area contributed by atoms with Crippen molar-refractivity contribution in [3.05, 3.63) is 53.2 Å². The van der Waals surface area contributed by atoms with E-state index in [1.54, 1.807) is 12.3 Å². The van der Waals surface area contributed by atoms with Crippen LogP contribution in [-0.4, -0.2) is 27.6 Å². The van der Waals surface area contributed by atoms with Crippen LogP contribution in [0.1, 0.15) is 54.0 Å². The van der Waals surface area contributed by atoms with Gasteiger partial charge in [-0.05, 0) is 37.0 Å². The third-order valence-electron chi connectivity index (χ3n) is 4.87. The van der Waals surface area contributed by atoms with Crippen molar-refractivity contribution in [1.82, 2.24) is 9.88 Å². The molecule has 2 fully saturated rings. The van der Waals surface area contributed by atoms with E-state index in [1.807, 2.05) is 4.90 Å². The third kappa shape index (κ3) is 3.57. The molecule has 2 aromatic rings. The van der Waals surface area contributed by atoms with Crippen molar-refractivity contribution in [2.24, 2.45) is 0 Å². The standard InChI is InChI=1S/C18H19F3N2O2/c19-18(20,21)13-3-1-2-12(6-13)15-7-14(24)9-23(15)10-17-22-8-16(25-17)11-4-5-11/h1-3,6,8,11,14-15,24H,4-5,7,9-10H2/t14-,15+/m1/s1. The summed E-state index contributed by atoms with van der Waals surface area (Å²) >= 11 is 0. The highest BCUT2D eigenvalue weighted by Gasteiger charge is 2.36. The number of nitrogens with zero attached hydrogens (tertiary/aromatic N) is 2. The number of hydrogen-bond donors (Lipinski definition) is 1. The van der Waals surface area contributed by atoms with Crippen molar-refractivity contribution in [3.8, 4) is 0 Å². The number of aliphatic hydroxyl groups is 1. The van der Waals surface area contributed by atoms with Gasteiger partial charge in [0.15, 0.2) is 0 Å². The fourth-order valence-electron chi connectivity index (χ4n) is 3.45. The van der Waals surface area contributed by atoms with Gasteiger partial charge >= 0.3 is 6.18 Å². The number of rotatable bonds is 4. The zero-order valence-electron chi connectivity index (χ0n) is 13.5. The van der Waals surface area contributed by atoms with E-state index in [0.717, 1.165) is 24.7 Å². The maximum Gasteiger partial charge on any atom is 0.416 e. The molecule has 0 spiro atoms. The molecular weight excluding hydrogens is 333 g/mol. The summed E-state index contributed by atoms with van der Waals surface area (Å²) in [5.74, 6) is 1.89. The number of benzene rings is 1. The molecule has 0 amide bonds. The largest absolute Gasteiger partial charge is 0.444 e.